The van der Waals surface area contributed by atoms with Crippen molar-refractivity contribution in [2.75, 3.05) is 6.61 Å². The minimum atomic E-state index is 0.621. The van der Waals surface area contributed by atoms with Crippen molar-refractivity contribution < 1.29 is 9.53 Å². The summed E-state index contributed by atoms with van der Waals surface area (Å²) < 4.78 is 5.54. The second-order valence-electron chi connectivity index (χ2n) is 5.67. The molecule has 0 N–H and O–H groups in total. The standard InChI is InChI=1S/C13H15NO.C8H7ClO/c1-2-3-10-15-13-9-8-11-6-4-5-7-12(11)14-13;1-6-2-3-7(5-10)4-8(6)9/h4-9H,2-3,10H2,1H3;2-5H,1H3. The summed E-state index contributed by atoms with van der Waals surface area (Å²) in [6.07, 6.45) is 3.01. The first kappa shape index (κ1) is 18.9. The largest absolute Gasteiger partial charge is 0.478 e. The van der Waals surface area contributed by atoms with E-state index in [1.807, 2.05) is 43.3 Å². The van der Waals surface area contributed by atoms with E-state index >= 15 is 0 Å². The molecular formula is C21H22ClNO2. The maximum atomic E-state index is 10.2. The zero-order valence-electron chi connectivity index (χ0n) is 14.5. The van der Waals surface area contributed by atoms with Gasteiger partial charge in [-0.1, -0.05) is 55.3 Å². The first-order chi connectivity index (χ1) is 12.1. The number of rotatable bonds is 5. The molecule has 0 bridgehead atoms. The highest BCUT2D eigenvalue weighted by Crippen LogP contribution is 2.16. The Hall–Kier alpha value is -2.39. The number of para-hydroxylation sites is 1. The lowest BCUT2D eigenvalue weighted by Gasteiger charge is -2.04. The zero-order chi connectivity index (χ0) is 18.1. The maximum Gasteiger partial charge on any atom is 0.213 e. The molecule has 0 aliphatic carbocycles. The number of carbonyl (C=O) groups excluding carboxylic acids is 1. The smallest absolute Gasteiger partial charge is 0.213 e. The summed E-state index contributed by atoms with van der Waals surface area (Å²) in [6.45, 7) is 4.80. The van der Waals surface area contributed by atoms with Crippen molar-refractivity contribution in [3.05, 3.63) is 70.7 Å². The molecule has 130 valence electrons. The maximum absolute atomic E-state index is 10.2. The fourth-order valence-corrected chi connectivity index (χ4v) is 2.32. The van der Waals surface area contributed by atoms with E-state index in [1.54, 1.807) is 12.1 Å². The SMILES string of the molecule is CCCCOc1ccc2ccccc2n1.Cc1ccc(C=O)cc1Cl. The van der Waals surface area contributed by atoms with Crippen LogP contribution in [0.4, 0.5) is 0 Å². The van der Waals surface area contributed by atoms with Crippen LogP contribution < -0.4 is 4.74 Å². The van der Waals surface area contributed by atoms with Gasteiger partial charge in [0.2, 0.25) is 5.88 Å². The van der Waals surface area contributed by atoms with Gasteiger partial charge in [0, 0.05) is 22.0 Å². The van der Waals surface area contributed by atoms with Gasteiger partial charge < -0.3 is 4.74 Å². The molecule has 0 aliphatic heterocycles. The average Bonchev–Trinajstić information content (AvgIpc) is 2.65. The molecule has 2 aromatic carbocycles. The van der Waals surface area contributed by atoms with Crippen LogP contribution in [0, 0.1) is 6.92 Å². The van der Waals surface area contributed by atoms with Gasteiger partial charge >= 0.3 is 0 Å². The van der Waals surface area contributed by atoms with Crippen LogP contribution in [0.1, 0.15) is 35.7 Å². The highest BCUT2D eigenvalue weighted by Gasteiger charge is 1.97. The van der Waals surface area contributed by atoms with E-state index in [2.05, 4.69) is 18.0 Å². The van der Waals surface area contributed by atoms with E-state index < -0.39 is 0 Å². The van der Waals surface area contributed by atoms with Crippen molar-refractivity contribution in [1.82, 2.24) is 4.98 Å². The van der Waals surface area contributed by atoms with Crippen LogP contribution in [0.2, 0.25) is 5.02 Å². The molecule has 0 unspecified atom stereocenters. The van der Waals surface area contributed by atoms with Gasteiger partial charge in [0.15, 0.2) is 0 Å². The number of carbonyl (C=O) groups is 1. The number of halogens is 1. The highest BCUT2D eigenvalue weighted by atomic mass is 35.5. The third kappa shape index (κ3) is 5.87. The van der Waals surface area contributed by atoms with Crippen molar-refractivity contribution in [1.29, 1.82) is 0 Å². The van der Waals surface area contributed by atoms with Crippen molar-refractivity contribution >= 4 is 28.8 Å². The second-order valence-corrected chi connectivity index (χ2v) is 6.08. The van der Waals surface area contributed by atoms with Gasteiger partial charge in [-0.2, -0.15) is 0 Å². The number of fused-ring (bicyclic) bond motifs is 1. The number of unbranched alkanes of at least 4 members (excludes halogenated alkanes) is 1. The molecule has 0 aliphatic rings. The lowest BCUT2D eigenvalue weighted by atomic mass is 10.2. The molecule has 0 amide bonds. The number of aldehydes is 1. The molecule has 0 saturated heterocycles. The third-order valence-electron chi connectivity index (χ3n) is 3.65. The molecule has 4 heteroatoms. The average molecular weight is 356 g/mol. The Morgan fingerprint density at radius 1 is 1.12 bits per heavy atom. The first-order valence-electron chi connectivity index (χ1n) is 8.34. The van der Waals surface area contributed by atoms with Gasteiger partial charge in [0.1, 0.15) is 6.29 Å². The van der Waals surface area contributed by atoms with Gasteiger partial charge in [-0.3, -0.25) is 4.79 Å². The van der Waals surface area contributed by atoms with Crippen LogP contribution in [0.25, 0.3) is 10.9 Å². The van der Waals surface area contributed by atoms with Crippen LogP contribution in [0.15, 0.2) is 54.6 Å². The number of hydrogen-bond acceptors (Lipinski definition) is 3. The van der Waals surface area contributed by atoms with Gasteiger partial charge in [-0.15, -0.1) is 0 Å². The van der Waals surface area contributed by atoms with Crippen LogP contribution in [-0.4, -0.2) is 17.9 Å². The Bertz CT molecular complexity index is 833. The summed E-state index contributed by atoms with van der Waals surface area (Å²) in [7, 11) is 0. The van der Waals surface area contributed by atoms with Crippen molar-refractivity contribution in [2.24, 2.45) is 0 Å². The molecule has 3 rings (SSSR count). The van der Waals surface area contributed by atoms with Gasteiger partial charge in [-0.05, 0) is 37.1 Å². The van der Waals surface area contributed by atoms with E-state index in [1.165, 1.54) is 0 Å². The topological polar surface area (TPSA) is 39.2 Å². The fourth-order valence-electron chi connectivity index (χ4n) is 2.13. The van der Waals surface area contributed by atoms with Gasteiger partial charge in [-0.25, -0.2) is 4.98 Å². The number of benzene rings is 2. The normalized spacial score (nSPS) is 10.0. The van der Waals surface area contributed by atoms with Crippen LogP contribution >= 0.6 is 11.6 Å². The van der Waals surface area contributed by atoms with E-state index in [0.717, 1.165) is 48.1 Å². The monoisotopic (exact) mass is 355 g/mol. The van der Waals surface area contributed by atoms with E-state index in [4.69, 9.17) is 16.3 Å². The highest BCUT2D eigenvalue weighted by molar-refractivity contribution is 6.31. The fraction of sp³-hybridized carbons (Fsp3) is 0.238. The number of aromatic nitrogens is 1. The summed E-state index contributed by atoms with van der Waals surface area (Å²) >= 11 is 5.73. The molecular weight excluding hydrogens is 334 g/mol. The number of nitrogens with zero attached hydrogens (tertiary/aromatic N) is 1. The minimum Gasteiger partial charge on any atom is -0.478 e. The van der Waals surface area contributed by atoms with E-state index in [9.17, 15) is 4.79 Å². The van der Waals surface area contributed by atoms with Crippen molar-refractivity contribution in [3.63, 3.8) is 0 Å². The molecule has 3 nitrogen and oxygen atoms in total. The molecule has 0 fully saturated rings. The number of pyridine rings is 1. The second kappa shape index (κ2) is 9.80. The molecule has 1 heterocycles. The predicted octanol–water partition coefficient (Wildman–Crippen LogP) is 5.87. The van der Waals surface area contributed by atoms with Crippen LogP contribution in [-0.2, 0) is 0 Å². The zero-order valence-corrected chi connectivity index (χ0v) is 15.3. The molecule has 1 aromatic heterocycles. The summed E-state index contributed by atoms with van der Waals surface area (Å²) in [5.41, 5.74) is 2.61. The third-order valence-corrected chi connectivity index (χ3v) is 4.06. The van der Waals surface area contributed by atoms with Gasteiger partial charge in [0.05, 0.1) is 12.1 Å². The number of hydrogen-bond donors (Lipinski definition) is 0. The number of aryl methyl sites for hydroxylation is 1. The Morgan fingerprint density at radius 2 is 1.92 bits per heavy atom. The molecule has 0 atom stereocenters. The van der Waals surface area contributed by atoms with Crippen molar-refractivity contribution in [2.45, 2.75) is 26.7 Å². The summed E-state index contributed by atoms with van der Waals surface area (Å²) in [6, 6.07) is 17.3. The summed E-state index contributed by atoms with van der Waals surface area (Å²) in [4.78, 5) is 14.6. The molecule has 0 radical (unpaired) electrons. The van der Waals surface area contributed by atoms with Crippen LogP contribution in [0.3, 0.4) is 0 Å². The number of ether oxygens (including phenoxy) is 1. The molecule has 0 spiro atoms. The van der Waals surface area contributed by atoms with Gasteiger partial charge in [0.25, 0.3) is 0 Å². The Labute approximate surface area is 153 Å². The quantitative estimate of drug-likeness (QED) is 0.424. The Kier molecular flexibility index (Phi) is 7.42. The Balaban J connectivity index is 0.000000196. The predicted molar refractivity (Wildman–Crippen MR) is 104 cm³/mol. The van der Waals surface area contributed by atoms with Crippen LogP contribution in [0.5, 0.6) is 5.88 Å². The molecule has 0 saturated carbocycles. The Morgan fingerprint density at radius 3 is 2.64 bits per heavy atom. The first-order valence-corrected chi connectivity index (χ1v) is 8.71. The van der Waals surface area contributed by atoms with E-state index in [0.29, 0.717) is 10.6 Å². The summed E-state index contributed by atoms with van der Waals surface area (Å²) in [5, 5.41) is 1.80. The lowest BCUT2D eigenvalue weighted by molar-refractivity contribution is 0.112. The molecule has 25 heavy (non-hydrogen) atoms. The summed E-state index contributed by atoms with van der Waals surface area (Å²) in [5.74, 6) is 0.724. The van der Waals surface area contributed by atoms with E-state index in [-0.39, 0.29) is 0 Å². The minimum absolute atomic E-state index is 0.621. The molecule has 3 aromatic rings. The van der Waals surface area contributed by atoms with Crippen molar-refractivity contribution in [3.8, 4) is 5.88 Å². The lowest BCUT2D eigenvalue weighted by Crippen LogP contribution is -1.98.